The lowest BCUT2D eigenvalue weighted by Crippen LogP contribution is -2.09. The topological polar surface area (TPSA) is 60.2 Å². The van der Waals surface area contributed by atoms with Gasteiger partial charge in [-0.25, -0.2) is 9.97 Å². The Balaban J connectivity index is 0.977. The maximum atomic E-state index is 6.46. The van der Waals surface area contributed by atoms with Crippen molar-refractivity contribution in [3.05, 3.63) is 218 Å². The first-order valence-electron chi connectivity index (χ1n) is 20.7. The second-order valence-electron chi connectivity index (χ2n) is 15.5. The number of hydrogen-bond donors (Lipinski definition) is 0. The maximum absolute atomic E-state index is 6.46. The number of aromatic nitrogens is 3. The molecule has 12 aromatic rings. The van der Waals surface area contributed by atoms with Gasteiger partial charge in [0.1, 0.15) is 22.5 Å². The summed E-state index contributed by atoms with van der Waals surface area (Å²) in [5.74, 6) is 1.38. The van der Waals surface area contributed by atoms with Gasteiger partial charge in [-0.05, 0) is 138 Å². The SMILES string of the molecule is c1ccc(N(c2ccccc2)c2ccc(-c3ccc4oc5ccc(-c6cc(-c7nc8ccccc8o7)cc(-c7nc8ccccc8n7-c7ccccc7)c6)cc5c4c3)cc2)cc1. The highest BCUT2D eigenvalue weighted by Crippen LogP contribution is 2.40. The Morgan fingerprint density at radius 2 is 0.887 bits per heavy atom. The average Bonchev–Trinajstić information content (AvgIpc) is 4.06. The molecular weight excluding hydrogens is 761 g/mol. The van der Waals surface area contributed by atoms with E-state index in [4.69, 9.17) is 18.8 Å². The molecule has 0 aliphatic carbocycles. The summed E-state index contributed by atoms with van der Waals surface area (Å²) in [6.45, 7) is 0. The number of anilines is 3. The van der Waals surface area contributed by atoms with Crippen LogP contribution in [-0.4, -0.2) is 14.5 Å². The summed E-state index contributed by atoms with van der Waals surface area (Å²) in [7, 11) is 0. The third-order valence-corrected chi connectivity index (χ3v) is 11.6. The summed E-state index contributed by atoms with van der Waals surface area (Å²) < 4.78 is 15.1. The number of imidazole rings is 1. The van der Waals surface area contributed by atoms with Gasteiger partial charge in [0.05, 0.1) is 11.0 Å². The predicted molar refractivity (Wildman–Crippen MR) is 252 cm³/mol. The van der Waals surface area contributed by atoms with Gasteiger partial charge in [0.2, 0.25) is 5.89 Å². The molecule has 0 amide bonds. The number of nitrogens with zero attached hydrogens (tertiary/aromatic N) is 4. The van der Waals surface area contributed by atoms with Crippen LogP contribution in [0.3, 0.4) is 0 Å². The average molecular weight is 797 g/mol. The van der Waals surface area contributed by atoms with E-state index in [9.17, 15) is 0 Å². The van der Waals surface area contributed by atoms with Crippen molar-refractivity contribution in [1.29, 1.82) is 0 Å². The second-order valence-corrected chi connectivity index (χ2v) is 15.5. The highest BCUT2D eigenvalue weighted by atomic mass is 16.3. The van der Waals surface area contributed by atoms with Crippen LogP contribution in [0.15, 0.2) is 227 Å². The monoisotopic (exact) mass is 796 g/mol. The van der Waals surface area contributed by atoms with Crippen LogP contribution in [0.5, 0.6) is 0 Å². The summed E-state index contributed by atoms with van der Waals surface area (Å²) in [6.07, 6.45) is 0. The number of oxazole rings is 1. The van der Waals surface area contributed by atoms with Gasteiger partial charge in [-0.3, -0.25) is 4.57 Å². The zero-order valence-corrected chi connectivity index (χ0v) is 33.4. The van der Waals surface area contributed by atoms with E-state index in [2.05, 4.69) is 179 Å². The smallest absolute Gasteiger partial charge is 0.227 e. The zero-order valence-electron chi connectivity index (χ0n) is 33.4. The van der Waals surface area contributed by atoms with Gasteiger partial charge < -0.3 is 13.7 Å². The molecule has 0 unspecified atom stereocenters. The summed E-state index contributed by atoms with van der Waals surface area (Å²) >= 11 is 0. The molecule has 0 bridgehead atoms. The Morgan fingerprint density at radius 1 is 0.355 bits per heavy atom. The van der Waals surface area contributed by atoms with E-state index >= 15 is 0 Å². The molecule has 0 aliphatic heterocycles. The standard InChI is InChI=1S/C56H36N4O2/c1-4-14-43(15-5-1)59(44-16-6-2-7-17-44)46-28-24-37(25-29-46)38-26-30-52-47(35-38)48-36-39(27-31-53(48)61-52)40-32-41(34-42(33-40)56-58-50-21-11-13-23-54(50)62-56)55-57-49-20-10-12-22-51(49)60(55)45-18-8-3-9-19-45/h1-36H. The molecular formula is C56H36N4O2. The molecule has 0 saturated heterocycles. The number of hydrogen-bond acceptors (Lipinski definition) is 5. The van der Waals surface area contributed by atoms with E-state index < -0.39 is 0 Å². The first-order valence-corrected chi connectivity index (χ1v) is 20.7. The van der Waals surface area contributed by atoms with Gasteiger partial charge in [0.25, 0.3) is 0 Å². The highest BCUT2D eigenvalue weighted by Gasteiger charge is 2.20. The largest absolute Gasteiger partial charge is 0.456 e. The maximum Gasteiger partial charge on any atom is 0.227 e. The quantitative estimate of drug-likeness (QED) is 0.153. The number of para-hydroxylation sites is 7. The molecule has 9 aromatic carbocycles. The van der Waals surface area contributed by atoms with Crippen LogP contribution in [0, 0.1) is 0 Å². The molecule has 0 aliphatic rings. The van der Waals surface area contributed by atoms with E-state index in [1.807, 2.05) is 48.5 Å². The first-order chi connectivity index (χ1) is 30.7. The van der Waals surface area contributed by atoms with Crippen LogP contribution in [0.4, 0.5) is 17.1 Å². The van der Waals surface area contributed by atoms with Gasteiger partial charge >= 0.3 is 0 Å². The van der Waals surface area contributed by atoms with Crippen LogP contribution in [-0.2, 0) is 0 Å². The summed E-state index contributed by atoms with van der Waals surface area (Å²) in [4.78, 5) is 12.4. The molecule has 6 heteroatoms. The molecule has 292 valence electrons. The molecule has 0 radical (unpaired) electrons. The summed E-state index contributed by atoms with van der Waals surface area (Å²) in [5, 5.41) is 2.10. The van der Waals surface area contributed by atoms with Gasteiger partial charge in [-0.2, -0.15) is 0 Å². The lowest BCUT2D eigenvalue weighted by atomic mass is 9.97. The molecule has 0 spiro atoms. The van der Waals surface area contributed by atoms with E-state index in [0.29, 0.717) is 5.89 Å². The molecule has 0 saturated carbocycles. The van der Waals surface area contributed by atoms with Crippen LogP contribution < -0.4 is 4.90 Å². The van der Waals surface area contributed by atoms with E-state index in [0.717, 1.165) is 106 Å². The fourth-order valence-electron chi connectivity index (χ4n) is 8.64. The van der Waals surface area contributed by atoms with Crippen molar-refractivity contribution in [1.82, 2.24) is 14.5 Å². The normalized spacial score (nSPS) is 11.5. The predicted octanol–water partition coefficient (Wildman–Crippen LogP) is 15.2. The summed E-state index contributed by atoms with van der Waals surface area (Å²) in [6, 6.07) is 75.7. The van der Waals surface area contributed by atoms with Crippen molar-refractivity contribution >= 4 is 61.1 Å². The van der Waals surface area contributed by atoms with Crippen molar-refractivity contribution in [2.24, 2.45) is 0 Å². The lowest BCUT2D eigenvalue weighted by molar-refractivity contribution is 0.620. The van der Waals surface area contributed by atoms with Gasteiger partial charge in [-0.15, -0.1) is 0 Å². The molecule has 6 nitrogen and oxygen atoms in total. The van der Waals surface area contributed by atoms with E-state index in [1.165, 1.54) is 0 Å². The number of fused-ring (bicyclic) bond motifs is 5. The third kappa shape index (κ3) is 6.21. The van der Waals surface area contributed by atoms with Crippen molar-refractivity contribution in [3.63, 3.8) is 0 Å². The third-order valence-electron chi connectivity index (χ3n) is 11.6. The first kappa shape index (κ1) is 35.5. The molecule has 3 heterocycles. The van der Waals surface area contributed by atoms with E-state index in [1.54, 1.807) is 0 Å². The molecule has 12 rings (SSSR count). The Labute approximate surface area is 357 Å². The van der Waals surface area contributed by atoms with E-state index in [-0.39, 0.29) is 0 Å². The lowest BCUT2D eigenvalue weighted by Gasteiger charge is -2.25. The number of furan rings is 1. The van der Waals surface area contributed by atoms with Crippen molar-refractivity contribution in [3.8, 4) is 50.8 Å². The van der Waals surface area contributed by atoms with Crippen LogP contribution in [0.25, 0.3) is 94.9 Å². The van der Waals surface area contributed by atoms with Crippen molar-refractivity contribution in [2.45, 2.75) is 0 Å². The zero-order chi connectivity index (χ0) is 41.0. The Bertz CT molecular complexity index is 3500. The second kappa shape index (κ2) is 14.7. The van der Waals surface area contributed by atoms with Crippen molar-refractivity contribution < 1.29 is 8.83 Å². The fraction of sp³-hybridized carbons (Fsp3) is 0. The molecule has 0 atom stereocenters. The minimum Gasteiger partial charge on any atom is -0.456 e. The Hall–Kier alpha value is -8.48. The van der Waals surface area contributed by atoms with Crippen LogP contribution >= 0.6 is 0 Å². The Kier molecular flexibility index (Phi) is 8.38. The molecule has 3 aromatic heterocycles. The Morgan fingerprint density at radius 3 is 1.56 bits per heavy atom. The van der Waals surface area contributed by atoms with Crippen LogP contribution in [0.1, 0.15) is 0 Å². The van der Waals surface area contributed by atoms with Gasteiger partial charge in [-0.1, -0.05) is 103 Å². The highest BCUT2D eigenvalue weighted by molar-refractivity contribution is 6.08. The van der Waals surface area contributed by atoms with Gasteiger partial charge in [0.15, 0.2) is 5.58 Å². The number of benzene rings is 9. The minimum atomic E-state index is 0.554. The van der Waals surface area contributed by atoms with Crippen LogP contribution in [0.2, 0.25) is 0 Å². The fourth-order valence-corrected chi connectivity index (χ4v) is 8.64. The summed E-state index contributed by atoms with van der Waals surface area (Å²) in [5.41, 5.74) is 15.6. The van der Waals surface area contributed by atoms with Crippen molar-refractivity contribution in [2.75, 3.05) is 4.90 Å². The van der Waals surface area contributed by atoms with Gasteiger partial charge in [0, 0.05) is 44.6 Å². The molecule has 62 heavy (non-hydrogen) atoms. The molecule has 0 fully saturated rings. The molecule has 0 N–H and O–H groups in total. The number of rotatable bonds is 8. The minimum absolute atomic E-state index is 0.554.